The maximum Gasteiger partial charge on any atom is 0.0595 e. The van der Waals surface area contributed by atoms with Crippen molar-refractivity contribution in [2.75, 3.05) is 13.2 Å². The first kappa shape index (κ1) is 17.3. The maximum atomic E-state index is 10.1. The van der Waals surface area contributed by atoms with Crippen LogP contribution in [0.2, 0.25) is 10.0 Å². The van der Waals surface area contributed by atoms with Gasteiger partial charge in [-0.1, -0.05) is 73.4 Å². The van der Waals surface area contributed by atoms with Crippen molar-refractivity contribution in [2.24, 2.45) is 0 Å². The second-order valence-corrected chi connectivity index (χ2v) is 6.42. The molecule has 0 saturated carbocycles. The Balaban J connectivity index is 2.50. The van der Waals surface area contributed by atoms with Crippen LogP contribution in [0.1, 0.15) is 31.0 Å². The fourth-order valence-corrected chi connectivity index (χ4v) is 3.08. The minimum Gasteiger partial charge on any atom is -0.395 e. The number of halogens is 2. The van der Waals surface area contributed by atoms with E-state index < -0.39 is 5.41 Å². The summed E-state index contributed by atoms with van der Waals surface area (Å²) in [6, 6.07) is 15.6. The van der Waals surface area contributed by atoms with Crippen molar-refractivity contribution in [3.8, 4) is 0 Å². The summed E-state index contributed by atoms with van der Waals surface area (Å²) in [5.74, 6) is 0. The molecule has 2 N–H and O–H groups in total. The molecule has 118 valence electrons. The van der Waals surface area contributed by atoms with Gasteiger partial charge in [-0.3, -0.25) is 0 Å². The number of benzene rings is 2. The fraction of sp³-hybridized carbons (Fsp3) is 0.333. The minimum atomic E-state index is -0.464. The third-order valence-electron chi connectivity index (χ3n) is 4.08. The molecule has 0 radical (unpaired) electrons. The summed E-state index contributed by atoms with van der Waals surface area (Å²) < 4.78 is 0. The zero-order valence-electron chi connectivity index (χ0n) is 12.8. The van der Waals surface area contributed by atoms with E-state index in [1.165, 1.54) is 0 Å². The lowest BCUT2D eigenvalue weighted by Crippen LogP contribution is -2.42. The normalized spacial score (nSPS) is 15.3. The lowest BCUT2D eigenvalue weighted by molar-refractivity contribution is 0.166. The predicted octanol–water partition coefficient (Wildman–Crippen LogP) is 4.59. The Morgan fingerprint density at radius 2 is 1.77 bits per heavy atom. The summed E-state index contributed by atoms with van der Waals surface area (Å²) >= 11 is 12.2. The van der Waals surface area contributed by atoms with Crippen molar-refractivity contribution in [3.63, 3.8) is 0 Å². The molecule has 0 fully saturated rings. The third-order valence-corrected chi connectivity index (χ3v) is 4.82. The van der Waals surface area contributed by atoms with E-state index in [-0.39, 0.29) is 12.6 Å². The standard InChI is InChI=1S/C18H21Cl2NO/c1-3-21-17(13-9-10-15(19)16(20)11-13)18(2,12-22)14-7-5-4-6-8-14/h4-11,17,21-22H,3,12H2,1-2H3. The van der Waals surface area contributed by atoms with Crippen LogP contribution < -0.4 is 5.32 Å². The van der Waals surface area contributed by atoms with Gasteiger partial charge in [-0.05, 0) is 29.8 Å². The van der Waals surface area contributed by atoms with Gasteiger partial charge in [0, 0.05) is 11.5 Å². The van der Waals surface area contributed by atoms with E-state index >= 15 is 0 Å². The Bertz CT molecular complexity index is 618. The highest BCUT2D eigenvalue weighted by molar-refractivity contribution is 6.42. The second kappa shape index (κ2) is 7.47. The van der Waals surface area contributed by atoms with Crippen molar-refractivity contribution in [1.82, 2.24) is 5.32 Å². The Morgan fingerprint density at radius 1 is 1.09 bits per heavy atom. The highest BCUT2D eigenvalue weighted by Gasteiger charge is 2.36. The van der Waals surface area contributed by atoms with Gasteiger partial charge in [-0.2, -0.15) is 0 Å². The van der Waals surface area contributed by atoms with Crippen molar-refractivity contribution in [3.05, 3.63) is 69.7 Å². The van der Waals surface area contributed by atoms with E-state index in [4.69, 9.17) is 23.2 Å². The molecule has 0 aliphatic carbocycles. The molecule has 0 heterocycles. The van der Waals surface area contributed by atoms with Crippen molar-refractivity contribution < 1.29 is 5.11 Å². The van der Waals surface area contributed by atoms with Crippen LogP contribution in [0.5, 0.6) is 0 Å². The zero-order valence-corrected chi connectivity index (χ0v) is 14.3. The van der Waals surface area contributed by atoms with Crippen molar-refractivity contribution >= 4 is 23.2 Å². The average Bonchev–Trinajstić information content (AvgIpc) is 2.55. The molecule has 0 aliphatic rings. The summed E-state index contributed by atoms with van der Waals surface area (Å²) in [4.78, 5) is 0. The van der Waals surface area contributed by atoms with Gasteiger partial charge in [0.1, 0.15) is 0 Å². The monoisotopic (exact) mass is 337 g/mol. The highest BCUT2D eigenvalue weighted by Crippen LogP contribution is 2.38. The molecule has 0 spiro atoms. The minimum absolute atomic E-state index is 0.0227. The molecule has 0 saturated heterocycles. The maximum absolute atomic E-state index is 10.1. The van der Waals surface area contributed by atoms with E-state index in [0.29, 0.717) is 10.0 Å². The Labute approximate surface area is 142 Å². The lowest BCUT2D eigenvalue weighted by Gasteiger charge is -2.38. The van der Waals surface area contributed by atoms with Crippen LogP contribution in [0.15, 0.2) is 48.5 Å². The average molecular weight is 338 g/mol. The van der Waals surface area contributed by atoms with Gasteiger partial charge in [-0.25, -0.2) is 0 Å². The van der Waals surface area contributed by atoms with E-state index in [0.717, 1.165) is 17.7 Å². The SMILES string of the molecule is CCNC(c1ccc(Cl)c(Cl)c1)C(C)(CO)c1ccccc1. The molecule has 2 aromatic carbocycles. The quantitative estimate of drug-likeness (QED) is 0.807. The Morgan fingerprint density at radius 3 is 2.32 bits per heavy atom. The van der Waals surface area contributed by atoms with Gasteiger partial charge in [-0.15, -0.1) is 0 Å². The Hall–Kier alpha value is -1.06. The molecule has 0 amide bonds. The van der Waals surface area contributed by atoms with E-state index in [9.17, 15) is 5.11 Å². The first-order chi connectivity index (χ1) is 10.5. The number of aliphatic hydroxyl groups excluding tert-OH is 1. The van der Waals surface area contributed by atoms with Crippen molar-refractivity contribution in [1.29, 1.82) is 0 Å². The van der Waals surface area contributed by atoms with Gasteiger partial charge in [0.25, 0.3) is 0 Å². The zero-order chi connectivity index (χ0) is 16.2. The number of nitrogens with one attached hydrogen (secondary N) is 1. The van der Waals surface area contributed by atoms with Gasteiger partial charge in [0.15, 0.2) is 0 Å². The van der Waals surface area contributed by atoms with Crippen LogP contribution in [0, 0.1) is 0 Å². The number of hydrogen-bond acceptors (Lipinski definition) is 2. The van der Waals surface area contributed by atoms with E-state index in [1.54, 1.807) is 6.07 Å². The number of likely N-dealkylation sites (N-methyl/N-ethyl adjacent to an activating group) is 1. The van der Waals surface area contributed by atoms with Crippen LogP contribution in [-0.2, 0) is 5.41 Å². The van der Waals surface area contributed by atoms with Crippen LogP contribution in [0.4, 0.5) is 0 Å². The molecule has 2 aromatic rings. The number of rotatable bonds is 6. The molecular formula is C18H21Cl2NO. The molecule has 4 heteroatoms. The largest absolute Gasteiger partial charge is 0.395 e. The summed E-state index contributed by atoms with van der Waals surface area (Å²) in [6.07, 6.45) is 0. The van der Waals surface area contributed by atoms with Crippen LogP contribution in [0.25, 0.3) is 0 Å². The molecule has 0 bridgehead atoms. The smallest absolute Gasteiger partial charge is 0.0595 e. The lowest BCUT2D eigenvalue weighted by atomic mass is 9.73. The summed E-state index contributed by atoms with van der Waals surface area (Å²) in [5, 5.41) is 14.7. The summed E-state index contributed by atoms with van der Waals surface area (Å²) in [5.41, 5.74) is 1.63. The van der Waals surface area contributed by atoms with Gasteiger partial charge in [0.05, 0.1) is 16.7 Å². The topological polar surface area (TPSA) is 32.3 Å². The first-order valence-electron chi connectivity index (χ1n) is 7.37. The van der Waals surface area contributed by atoms with E-state index in [1.807, 2.05) is 49.4 Å². The molecule has 0 aromatic heterocycles. The van der Waals surface area contributed by atoms with E-state index in [2.05, 4.69) is 12.2 Å². The molecule has 0 aliphatic heterocycles. The molecule has 22 heavy (non-hydrogen) atoms. The Kier molecular flexibility index (Phi) is 5.87. The van der Waals surface area contributed by atoms with Gasteiger partial charge < -0.3 is 10.4 Å². The summed E-state index contributed by atoms with van der Waals surface area (Å²) in [6.45, 7) is 4.91. The third kappa shape index (κ3) is 3.47. The van der Waals surface area contributed by atoms with Crippen LogP contribution in [0.3, 0.4) is 0 Å². The van der Waals surface area contributed by atoms with Crippen LogP contribution >= 0.6 is 23.2 Å². The number of aliphatic hydroxyl groups is 1. The second-order valence-electron chi connectivity index (χ2n) is 5.61. The predicted molar refractivity (Wildman–Crippen MR) is 93.8 cm³/mol. The number of hydrogen-bond donors (Lipinski definition) is 2. The van der Waals surface area contributed by atoms with Gasteiger partial charge in [0.2, 0.25) is 0 Å². The highest BCUT2D eigenvalue weighted by atomic mass is 35.5. The first-order valence-corrected chi connectivity index (χ1v) is 8.13. The molecule has 2 nitrogen and oxygen atoms in total. The molecule has 2 unspecified atom stereocenters. The fourth-order valence-electron chi connectivity index (χ4n) is 2.78. The molecular weight excluding hydrogens is 317 g/mol. The van der Waals surface area contributed by atoms with Crippen molar-refractivity contribution in [2.45, 2.75) is 25.3 Å². The summed E-state index contributed by atoms with van der Waals surface area (Å²) in [7, 11) is 0. The van der Waals surface area contributed by atoms with Crippen LogP contribution in [-0.4, -0.2) is 18.3 Å². The van der Waals surface area contributed by atoms with Gasteiger partial charge >= 0.3 is 0 Å². The molecule has 2 atom stereocenters. The molecule has 2 rings (SSSR count).